The second-order valence-corrected chi connectivity index (χ2v) is 11.1. The van der Waals surface area contributed by atoms with Crippen molar-refractivity contribution < 1.29 is 13.2 Å². The average molecular weight is 476 g/mol. The van der Waals surface area contributed by atoms with E-state index in [2.05, 4.69) is 22.3 Å². The minimum Gasteiger partial charge on any atom is -0.352 e. The number of nitrogens with zero attached hydrogens (tertiary/aromatic N) is 2. The van der Waals surface area contributed by atoms with Gasteiger partial charge in [-0.3, -0.25) is 9.69 Å². The predicted octanol–water partition coefficient (Wildman–Crippen LogP) is 3.65. The number of sulfonamides is 1. The van der Waals surface area contributed by atoms with Crippen LogP contribution >= 0.6 is 11.6 Å². The molecule has 32 heavy (non-hydrogen) atoms. The monoisotopic (exact) mass is 475 g/mol. The van der Waals surface area contributed by atoms with E-state index in [-0.39, 0.29) is 23.3 Å². The number of piperidine rings is 1. The molecule has 172 valence electrons. The third-order valence-corrected chi connectivity index (χ3v) is 8.40. The number of likely N-dealkylation sites (tertiary alicyclic amines) is 1. The maximum absolute atomic E-state index is 13.0. The summed E-state index contributed by atoms with van der Waals surface area (Å²) in [6.07, 6.45) is 3.88. The van der Waals surface area contributed by atoms with E-state index in [4.69, 9.17) is 11.6 Å². The van der Waals surface area contributed by atoms with Gasteiger partial charge in [0.15, 0.2) is 0 Å². The highest BCUT2D eigenvalue weighted by molar-refractivity contribution is 7.89. The molecule has 2 aromatic rings. The summed E-state index contributed by atoms with van der Waals surface area (Å²) in [5, 5.41) is 3.51. The maximum atomic E-state index is 13.0. The first kappa shape index (κ1) is 23.2. The number of carbonyl (C=O) groups excluding carboxylic acids is 1. The molecule has 0 spiro atoms. The number of hydrogen-bond donors (Lipinski definition) is 1. The Morgan fingerprint density at radius 1 is 1.00 bits per heavy atom. The summed E-state index contributed by atoms with van der Waals surface area (Å²) in [4.78, 5) is 15.5. The minimum atomic E-state index is -3.64. The van der Waals surface area contributed by atoms with Crippen molar-refractivity contribution in [2.24, 2.45) is 5.92 Å². The largest absolute Gasteiger partial charge is 0.352 e. The zero-order valence-electron chi connectivity index (χ0n) is 18.2. The zero-order chi connectivity index (χ0) is 22.6. The number of rotatable bonds is 7. The highest BCUT2D eigenvalue weighted by Gasteiger charge is 2.33. The number of amides is 1. The van der Waals surface area contributed by atoms with Gasteiger partial charge in [-0.25, -0.2) is 8.42 Å². The summed E-state index contributed by atoms with van der Waals surface area (Å²) < 4.78 is 27.4. The van der Waals surface area contributed by atoms with E-state index in [0.29, 0.717) is 31.0 Å². The highest BCUT2D eigenvalue weighted by Crippen LogP contribution is 2.25. The van der Waals surface area contributed by atoms with Crippen LogP contribution in [0.25, 0.3) is 0 Å². The lowest BCUT2D eigenvalue weighted by Gasteiger charge is -2.31. The Hall–Kier alpha value is -1.93. The lowest BCUT2D eigenvalue weighted by atomic mass is 9.98. The van der Waals surface area contributed by atoms with E-state index in [1.807, 2.05) is 12.1 Å². The summed E-state index contributed by atoms with van der Waals surface area (Å²) in [6.45, 7) is 4.32. The molecule has 2 fully saturated rings. The van der Waals surface area contributed by atoms with Gasteiger partial charge >= 0.3 is 0 Å². The number of nitrogens with one attached hydrogen (secondary N) is 1. The molecule has 1 N–H and O–H groups in total. The number of halogens is 1. The van der Waals surface area contributed by atoms with E-state index < -0.39 is 10.0 Å². The first-order valence-corrected chi connectivity index (χ1v) is 13.1. The molecule has 2 saturated heterocycles. The first-order chi connectivity index (χ1) is 15.4. The Morgan fingerprint density at radius 3 is 2.47 bits per heavy atom. The zero-order valence-corrected chi connectivity index (χ0v) is 19.7. The average Bonchev–Trinajstić information content (AvgIpc) is 3.31. The molecule has 0 aliphatic carbocycles. The van der Waals surface area contributed by atoms with E-state index in [1.54, 1.807) is 12.1 Å². The summed E-state index contributed by atoms with van der Waals surface area (Å²) in [6, 6.07) is 14.5. The van der Waals surface area contributed by atoms with Crippen LogP contribution in [0.15, 0.2) is 53.4 Å². The Bertz CT molecular complexity index is 1040. The SMILES string of the molecule is O=C(NCc1cccc(CN2CCCC2)c1)[C@@H]1CCCN(S(=O)(=O)c2ccc(Cl)cc2)C1. The molecule has 2 aliphatic rings. The van der Waals surface area contributed by atoms with Crippen molar-refractivity contribution in [1.82, 2.24) is 14.5 Å². The van der Waals surface area contributed by atoms with Gasteiger partial charge in [-0.05, 0) is 74.2 Å². The second kappa shape index (κ2) is 10.3. The molecule has 1 atom stereocenters. The predicted molar refractivity (Wildman–Crippen MR) is 126 cm³/mol. The second-order valence-electron chi connectivity index (χ2n) is 8.68. The lowest BCUT2D eigenvalue weighted by Crippen LogP contribution is -2.45. The van der Waals surface area contributed by atoms with Crippen LogP contribution in [0.3, 0.4) is 0 Å². The maximum Gasteiger partial charge on any atom is 0.243 e. The summed E-state index contributed by atoms with van der Waals surface area (Å²) in [7, 11) is -3.64. The van der Waals surface area contributed by atoms with Crippen LogP contribution in [0.2, 0.25) is 5.02 Å². The smallest absolute Gasteiger partial charge is 0.243 e. The Morgan fingerprint density at radius 2 is 1.72 bits per heavy atom. The molecule has 0 aromatic heterocycles. The fraction of sp³-hybridized carbons (Fsp3) is 0.458. The van der Waals surface area contributed by atoms with Crippen molar-refractivity contribution in [1.29, 1.82) is 0 Å². The van der Waals surface area contributed by atoms with Gasteiger partial charge in [-0.15, -0.1) is 0 Å². The van der Waals surface area contributed by atoms with E-state index >= 15 is 0 Å². The Kier molecular flexibility index (Phi) is 7.51. The van der Waals surface area contributed by atoms with Gasteiger partial charge in [0, 0.05) is 31.2 Å². The fourth-order valence-corrected chi connectivity index (χ4v) is 6.15. The van der Waals surface area contributed by atoms with Crippen LogP contribution in [0.4, 0.5) is 0 Å². The normalized spacial score (nSPS) is 20.3. The van der Waals surface area contributed by atoms with Crippen LogP contribution in [0.5, 0.6) is 0 Å². The topological polar surface area (TPSA) is 69.7 Å². The molecule has 1 amide bonds. The van der Waals surface area contributed by atoms with Gasteiger partial charge < -0.3 is 5.32 Å². The van der Waals surface area contributed by atoms with Crippen molar-refractivity contribution in [3.05, 3.63) is 64.7 Å². The molecule has 0 radical (unpaired) electrons. The quantitative estimate of drug-likeness (QED) is 0.663. The first-order valence-electron chi connectivity index (χ1n) is 11.3. The van der Waals surface area contributed by atoms with Gasteiger partial charge in [-0.1, -0.05) is 35.9 Å². The Balaban J connectivity index is 1.34. The van der Waals surface area contributed by atoms with Gasteiger partial charge in [-0.2, -0.15) is 4.31 Å². The van der Waals surface area contributed by atoms with Crippen molar-refractivity contribution in [3.8, 4) is 0 Å². The third-order valence-electron chi connectivity index (χ3n) is 6.27. The number of carbonyl (C=O) groups is 1. The molecule has 4 rings (SSSR count). The fourth-order valence-electron chi connectivity index (χ4n) is 4.50. The van der Waals surface area contributed by atoms with Gasteiger partial charge in [0.1, 0.15) is 0 Å². The van der Waals surface area contributed by atoms with Crippen LogP contribution < -0.4 is 5.32 Å². The third kappa shape index (κ3) is 5.70. The van der Waals surface area contributed by atoms with Crippen LogP contribution in [-0.4, -0.2) is 49.7 Å². The molecule has 0 unspecified atom stereocenters. The van der Waals surface area contributed by atoms with Crippen LogP contribution in [0, 0.1) is 5.92 Å². The van der Waals surface area contributed by atoms with Crippen molar-refractivity contribution in [2.45, 2.75) is 43.7 Å². The summed E-state index contributed by atoms with van der Waals surface area (Å²) in [5.74, 6) is -0.440. The van der Waals surface area contributed by atoms with Crippen molar-refractivity contribution in [3.63, 3.8) is 0 Å². The molecule has 0 saturated carbocycles. The van der Waals surface area contributed by atoms with Crippen molar-refractivity contribution in [2.75, 3.05) is 26.2 Å². The molecule has 8 heteroatoms. The molecule has 2 aliphatic heterocycles. The van der Waals surface area contributed by atoms with Gasteiger partial charge in [0.2, 0.25) is 15.9 Å². The molecule has 2 heterocycles. The molecule has 6 nitrogen and oxygen atoms in total. The molecular formula is C24H30ClN3O3S. The minimum absolute atomic E-state index is 0.0917. The van der Waals surface area contributed by atoms with E-state index in [9.17, 15) is 13.2 Å². The summed E-state index contributed by atoms with van der Waals surface area (Å²) >= 11 is 5.89. The molecule has 0 bridgehead atoms. The molecular weight excluding hydrogens is 446 g/mol. The summed E-state index contributed by atoms with van der Waals surface area (Å²) in [5.41, 5.74) is 2.33. The highest BCUT2D eigenvalue weighted by atomic mass is 35.5. The Labute approximate surface area is 195 Å². The number of hydrogen-bond acceptors (Lipinski definition) is 4. The van der Waals surface area contributed by atoms with Crippen molar-refractivity contribution >= 4 is 27.5 Å². The molecule has 2 aromatic carbocycles. The van der Waals surface area contributed by atoms with Gasteiger partial charge in [0.05, 0.1) is 10.8 Å². The van der Waals surface area contributed by atoms with Gasteiger partial charge in [0.25, 0.3) is 0 Å². The van der Waals surface area contributed by atoms with Crippen LogP contribution in [0.1, 0.15) is 36.8 Å². The van der Waals surface area contributed by atoms with E-state index in [1.165, 1.54) is 34.8 Å². The number of benzene rings is 2. The lowest BCUT2D eigenvalue weighted by molar-refractivity contribution is -0.126. The van der Waals surface area contributed by atoms with E-state index in [0.717, 1.165) is 25.2 Å². The standard InChI is InChI=1S/C24H30ClN3O3S/c25-22-8-10-23(11-9-22)32(30,31)28-14-4-7-21(18-28)24(29)26-16-19-5-3-6-20(15-19)17-27-12-1-2-13-27/h3,5-6,8-11,15,21H,1-2,4,7,12-14,16-18H2,(H,26,29)/t21-/m1/s1. The van der Waals surface area contributed by atoms with Crippen LogP contribution in [-0.2, 0) is 27.9 Å².